The van der Waals surface area contributed by atoms with Crippen LogP contribution in [0.4, 0.5) is 15.2 Å². The Labute approximate surface area is 118 Å². The second-order valence-electron chi connectivity index (χ2n) is 3.97. The van der Waals surface area contributed by atoms with E-state index in [0.717, 1.165) is 10.6 Å². The van der Waals surface area contributed by atoms with Crippen LogP contribution in [0.25, 0.3) is 0 Å². The Balaban J connectivity index is 2.02. The first-order chi connectivity index (χ1) is 9.56. The van der Waals surface area contributed by atoms with Crippen molar-refractivity contribution < 1.29 is 19.6 Å². The van der Waals surface area contributed by atoms with Crippen LogP contribution in [0.5, 0.6) is 0 Å². The van der Waals surface area contributed by atoms with Gasteiger partial charge in [0, 0.05) is 11.3 Å². The molecule has 0 radical (unpaired) electrons. The number of anilines is 2. The van der Waals surface area contributed by atoms with Crippen molar-refractivity contribution in [2.24, 2.45) is 0 Å². The molecule has 0 spiro atoms. The van der Waals surface area contributed by atoms with Crippen molar-refractivity contribution in [3.05, 3.63) is 40.7 Å². The highest BCUT2D eigenvalue weighted by atomic mass is 32.1. The molecule has 0 amide bonds. The molecule has 1 aromatic carbocycles. The van der Waals surface area contributed by atoms with Gasteiger partial charge in [0.1, 0.15) is 5.82 Å². The molecule has 0 saturated carbocycles. The quantitative estimate of drug-likeness (QED) is 0.712. The fourth-order valence-electron chi connectivity index (χ4n) is 1.61. The van der Waals surface area contributed by atoms with Gasteiger partial charge in [0.05, 0.1) is 23.4 Å². The monoisotopic (exact) mass is 299 g/mol. The molecule has 0 saturated heterocycles. The Morgan fingerprint density at radius 1 is 1.40 bits per heavy atom. The highest BCUT2D eigenvalue weighted by Gasteiger charge is 2.10. The number of rotatable bonds is 6. The summed E-state index contributed by atoms with van der Waals surface area (Å²) in [5, 5.41) is 20.0. The maximum absolute atomic E-state index is 13.5. The van der Waals surface area contributed by atoms with Crippen molar-refractivity contribution in [2.45, 2.75) is 13.3 Å². The van der Waals surface area contributed by atoms with E-state index in [0.29, 0.717) is 17.2 Å². The van der Waals surface area contributed by atoms with Gasteiger partial charge in [-0.25, -0.2) is 9.37 Å². The Morgan fingerprint density at radius 2 is 2.15 bits per heavy atom. The number of halogens is 1. The molecule has 1 heterocycles. The molecule has 0 atom stereocenters. The second-order valence-corrected chi connectivity index (χ2v) is 5.05. The first-order valence-electron chi connectivity index (χ1n) is 5.85. The predicted molar refractivity (Wildman–Crippen MR) is 71.6 cm³/mol. The van der Waals surface area contributed by atoms with Crippen molar-refractivity contribution in [1.82, 2.24) is 10.4 Å². The zero-order valence-electron chi connectivity index (χ0n) is 10.7. The summed E-state index contributed by atoms with van der Waals surface area (Å²) in [5.74, 6) is -0.346. The molecule has 108 valence electrons. The van der Waals surface area contributed by atoms with Crippen LogP contribution < -0.4 is 5.32 Å². The molecule has 0 aliphatic heterocycles. The Hall–Kier alpha value is -1.58. The molecular weight excluding hydrogens is 285 g/mol. The van der Waals surface area contributed by atoms with Crippen LogP contribution in [0.2, 0.25) is 0 Å². The Morgan fingerprint density at radius 3 is 2.85 bits per heavy atom. The van der Waals surface area contributed by atoms with Gasteiger partial charge in [-0.2, -0.15) is 0 Å². The lowest BCUT2D eigenvalue weighted by Crippen LogP contribution is -2.16. The third-order valence-electron chi connectivity index (χ3n) is 2.54. The first kappa shape index (κ1) is 14.8. The van der Waals surface area contributed by atoms with E-state index in [2.05, 4.69) is 15.1 Å². The predicted octanol–water partition coefficient (Wildman–Crippen LogP) is 2.89. The van der Waals surface area contributed by atoms with Crippen LogP contribution in [0.3, 0.4) is 0 Å². The summed E-state index contributed by atoms with van der Waals surface area (Å²) < 4.78 is 13.5. The summed E-state index contributed by atoms with van der Waals surface area (Å²) >= 11 is 1.36. The lowest BCUT2D eigenvalue weighted by atomic mass is 10.3. The van der Waals surface area contributed by atoms with Gasteiger partial charge in [-0.1, -0.05) is 12.1 Å². The van der Waals surface area contributed by atoms with Crippen LogP contribution in [0, 0.1) is 12.7 Å². The Bertz CT molecular complexity index is 577. The largest absolute Gasteiger partial charge is 0.329 e. The maximum atomic E-state index is 13.5. The van der Waals surface area contributed by atoms with Crippen LogP contribution in [0.15, 0.2) is 24.3 Å². The zero-order chi connectivity index (χ0) is 14.5. The van der Waals surface area contributed by atoms with E-state index in [1.807, 2.05) is 6.92 Å². The molecule has 3 N–H and O–H groups in total. The lowest BCUT2D eigenvalue weighted by Gasteiger charge is -2.04. The minimum atomic E-state index is -0.346. The van der Waals surface area contributed by atoms with Gasteiger partial charge in [0.2, 0.25) is 0 Å². The first-order valence-corrected chi connectivity index (χ1v) is 6.66. The molecular formula is C12H14FN3O3S. The third kappa shape index (κ3) is 3.95. The smallest absolute Gasteiger partial charge is 0.187 e. The standard InChI is InChI=1S/C12H14FN3O3S/c1-8-11(6-7-19-16(17)18)20-12(14-8)15-10-5-3-2-4-9(10)13/h2-5,17-18H,6-7H2,1H3,(H,14,15). The molecule has 0 aliphatic carbocycles. The zero-order valence-corrected chi connectivity index (χ0v) is 11.5. The highest BCUT2D eigenvalue weighted by molar-refractivity contribution is 7.15. The second kappa shape index (κ2) is 6.73. The number of aryl methyl sites for hydroxylation is 1. The van der Waals surface area contributed by atoms with E-state index in [-0.39, 0.29) is 17.8 Å². The van der Waals surface area contributed by atoms with Crippen molar-refractivity contribution in [2.75, 3.05) is 11.9 Å². The normalized spacial score (nSPS) is 11.1. The Kier molecular flexibility index (Phi) is 4.99. The van der Waals surface area contributed by atoms with E-state index < -0.39 is 0 Å². The van der Waals surface area contributed by atoms with Crippen molar-refractivity contribution in [3.8, 4) is 0 Å². The number of hydrogen-bond donors (Lipinski definition) is 3. The molecule has 20 heavy (non-hydrogen) atoms. The summed E-state index contributed by atoms with van der Waals surface area (Å²) in [4.78, 5) is 9.70. The van der Waals surface area contributed by atoms with E-state index in [1.165, 1.54) is 17.4 Å². The fraction of sp³-hybridized carbons (Fsp3) is 0.250. The van der Waals surface area contributed by atoms with Crippen LogP contribution >= 0.6 is 11.3 Å². The van der Waals surface area contributed by atoms with Crippen molar-refractivity contribution in [3.63, 3.8) is 0 Å². The molecule has 8 heteroatoms. The number of para-hydroxylation sites is 1. The molecule has 1 aromatic heterocycles. The molecule has 2 aromatic rings. The molecule has 0 aliphatic rings. The van der Waals surface area contributed by atoms with Crippen molar-refractivity contribution >= 4 is 22.2 Å². The van der Waals surface area contributed by atoms with Gasteiger partial charge in [-0.05, 0) is 19.1 Å². The fourth-order valence-corrected chi connectivity index (χ4v) is 2.57. The van der Waals surface area contributed by atoms with E-state index in [1.54, 1.807) is 18.2 Å². The number of nitrogens with zero attached hydrogens (tertiary/aromatic N) is 2. The number of nitrogens with one attached hydrogen (secondary N) is 1. The highest BCUT2D eigenvalue weighted by Crippen LogP contribution is 2.27. The van der Waals surface area contributed by atoms with E-state index in [9.17, 15) is 4.39 Å². The minimum absolute atomic E-state index is 0.106. The topological polar surface area (TPSA) is 77.9 Å². The third-order valence-corrected chi connectivity index (χ3v) is 3.68. The molecule has 6 nitrogen and oxygen atoms in total. The van der Waals surface area contributed by atoms with Crippen LogP contribution in [-0.2, 0) is 11.3 Å². The van der Waals surface area contributed by atoms with Gasteiger partial charge in [0.25, 0.3) is 0 Å². The van der Waals surface area contributed by atoms with Crippen LogP contribution in [-0.4, -0.2) is 27.4 Å². The van der Waals surface area contributed by atoms with E-state index in [4.69, 9.17) is 10.4 Å². The van der Waals surface area contributed by atoms with Crippen molar-refractivity contribution in [1.29, 1.82) is 0 Å². The number of thiazole rings is 1. The molecule has 0 bridgehead atoms. The van der Waals surface area contributed by atoms with Gasteiger partial charge in [-0.15, -0.1) is 11.3 Å². The summed E-state index contributed by atoms with van der Waals surface area (Å²) in [6, 6.07) is 6.35. The molecule has 0 unspecified atom stereocenters. The number of benzene rings is 1. The number of hydrogen-bond acceptors (Lipinski definition) is 7. The minimum Gasteiger partial charge on any atom is -0.329 e. The van der Waals surface area contributed by atoms with Gasteiger partial charge in [0.15, 0.2) is 5.13 Å². The van der Waals surface area contributed by atoms with Gasteiger partial charge in [-0.3, -0.25) is 15.3 Å². The number of aromatic nitrogens is 1. The maximum Gasteiger partial charge on any atom is 0.187 e. The molecule has 2 rings (SSSR count). The van der Waals surface area contributed by atoms with Gasteiger partial charge < -0.3 is 5.32 Å². The average Bonchev–Trinajstić information content (AvgIpc) is 2.72. The van der Waals surface area contributed by atoms with Crippen LogP contribution in [0.1, 0.15) is 10.6 Å². The lowest BCUT2D eigenvalue weighted by molar-refractivity contribution is -0.492. The van der Waals surface area contributed by atoms with E-state index >= 15 is 0 Å². The SMILES string of the molecule is Cc1nc(Nc2ccccc2F)sc1CCON(O)O. The summed E-state index contributed by atoms with van der Waals surface area (Å²) in [6.07, 6.45) is 0.472. The summed E-state index contributed by atoms with van der Waals surface area (Å²) in [6.45, 7) is 1.93. The average molecular weight is 299 g/mol. The summed E-state index contributed by atoms with van der Waals surface area (Å²) in [7, 11) is 0. The molecule has 0 fully saturated rings. The summed E-state index contributed by atoms with van der Waals surface area (Å²) in [5.41, 5.74) is 1.15. The van der Waals surface area contributed by atoms with Gasteiger partial charge >= 0.3 is 0 Å².